The predicted molar refractivity (Wildman–Crippen MR) is 105 cm³/mol. The summed E-state index contributed by atoms with van der Waals surface area (Å²) in [5.41, 5.74) is -2.94. The number of ketones is 2. The summed E-state index contributed by atoms with van der Waals surface area (Å²) in [6, 6.07) is 10.7. The van der Waals surface area contributed by atoms with Crippen molar-refractivity contribution >= 4 is 40.7 Å². The highest BCUT2D eigenvalue weighted by Crippen LogP contribution is 2.27. The van der Waals surface area contributed by atoms with Crippen LogP contribution < -0.4 is 0 Å². The van der Waals surface area contributed by atoms with E-state index in [0.29, 0.717) is 10.0 Å². The quantitative estimate of drug-likeness (QED) is 0.424. The van der Waals surface area contributed by atoms with E-state index in [2.05, 4.69) is 4.74 Å². The van der Waals surface area contributed by atoms with Crippen molar-refractivity contribution in [3.8, 4) is 0 Å². The Morgan fingerprint density at radius 2 is 1.38 bits per heavy atom. The lowest BCUT2D eigenvalue weighted by Gasteiger charge is -2.33. The van der Waals surface area contributed by atoms with Crippen LogP contribution in [0.25, 0.3) is 0 Å². The fraction of sp³-hybridized carbons (Fsp3) is 0.250. The van der Waals surface area contributed by atoms with Crippen LogP contribution >= 0.6 is 23.2 Å². The molecule has 0 saturated heterocycles. The van der Waals surface area contributed by atoms with E-state index in [1.54, 1.807) is 0 Å². The molecule has 0 aliphatic rings. The summed E-state index contributed by atoms with van der Waals surface area (Å²) < 4.78 is 4.47. The van der Waals surface area contributed by atoms with Crippen LogP contribution in [0.5, 0.6) is 0 Å². The first-order valence-electron chi connectivity index (χ1n) is 8.35. The van der Waals surface area contributed by atoms with Crippen LogP contribution in [-0.4, -0.2) is 57.8 Å². The largest absolute Gasteiger partial charge is 0.469 e. The Kier molecular flexibility index (Phi) is 7.51. The van der Waals surface area contributed by atoms with E-state index in [1.165, 1.54) is 48.5 Å². The molecule has 0 aliphatic heterocycles. The average molecular weight is 441 g/mol. The number of halogens is 2. The van der Waals surface area contributed by atoms with Crippen LogP contribution in [0.3, 0.4) is 0 Å². The summed E-state index contributed by atoms with van der Waals surface area (Å²) in [6.07, 6.45) is -5.52. The predicted octanol–water partition coefficient (Wildman–Crippen LogP) is 2.08. The molecule has 0 saturated carbocycles. The van der Waals surface area contributed by atoms with Crippen molar-refractivity contribution < 1.29 is 34.4 Å². The Balaban J connectivity index is 2.39. The molecule has 0 aliphatic carbocycles. The van der Waals surface area contributed by atoms with Gasteiger partial charge in [-0.1, -0.05) is 23.2 Å². The van der Waals surface area contributed by atoms with Gasteiger partial charge in [-0.25, -0.2) is 0 Å². The van der Waals surface area contributed by atoms with E-state index in [4.69, 9.17) is 23.2 Å². The Morgan fingerprint density at radius 3 is 1.83 bits per heavy atom. The van der Waals surface area contributed by atoms with E-state index in [0.717, 1.165) is 7.11 Å². The minimum Gasteiger partial charge on any atom is -0.469 e. The first kappa shape index (κ1) is 23.0. The molecule has 0 radical (unpaired) electrons. The fourth-order valence-corrected chi connectivity index (χ4v) is 2.90. The van der Waals surface area contributed by atoms with Crippen molar-refractivity contribution in [3.63, 3.8) is 0 Å². The number of hydrogen-bond acceptors (Lipinski definition) is 7. The first-order chi connectivity index (χ1) is 13.6. The van der Waals surface area contributed by atoms with Crippen molar-refractivity contribution in [2.75, 3.05) is 7.11 Å². The average Bonchev–Trinajstić information content (AvgIpc) is 2.72. The second kappa shape index (κ2) is 9.47. The molecule has 0 heterocycles. The molecule has 9 heteroatoms. The third-order valence-corrected chi connectivity index (χ3v) is 4.83. The highest BCUT2D eigenvalue weighted by atomic mass is 35.5. The van der Waals surface area contributed by atoms with E-state index in [9.17, 15) is 29.7 Å². The van der Waals surface area contributed by atoms with Gasteiger partial charge < -0.3 is 20.1 Å². The van der Waals surface area contributed by atoms with Gasteiger partial charge in [0.05, 0.1) is 13.5 Å². The van der Waals surface area contributed by atoms with Gasteiger partial charge in [0.15, 0.2) is 17.2 Å². The monoisotopic (exact) mass is 440 g/mol. The Bertz CT molecular complexity index is 896. The normalized spacial score (nSPS) is 15.1. The molecule has 2 aromatic carbocycles. The summed E-state index contributed by atoms with van der Waals surface area (Å²) in [5.74, 6) is -3.09. The summed E-state index contributed by atoms with van der Waals surface area (Å²) in [4.78, 5) is 37.1. The van der Waals surface area contributed by atoms with E-state index in [1.807, 2.05) is 0 Å². The third-order valence-electron chi connectivity index (χ3n) is 4.33. The van der Waals surface area contributed by atoms with Crippen molar-refractivity contribution in [1.29, 1.82) is 0 Å². The van der Waals surface area contributed by atoms with Crippen molar-refractivity contribution in [2.45, 2.75) is 24.2 Å². The zero-order valence-electron chi connectivity index (χ0n) is 15.2. The van der Waals surface area contributed by atoms with Gasteiger partial charge in [-0.3, -0.25) is 14.4 Å². The maximum absolute atomic E-state index is 12.9. The maximum atomic E-state index is 12.9. The SMILES string of the molecule is COC(=O)C[C@@](O)(C(=O)c1ccc(Cl)cc1)[C@H](O)[C@H](O)C(=O)c1ccc(Cl)cc1. The van der Waals surface area contributed by atoms with Gasteiger partial charge in [0.1, 0.15) is 12.2 Å². The van der Waals surface area contributed by atoms with E-state index < -0.39 is 41.8 Å². The highest BCUT2D eigenvalue weighted by Gasteiger charge is 2.50. The molecular weight excluding hydrogens is 423 g/mol. The van der Waals surface area contributed by atoms with Crippen LogP contribution in [-0.2, 0) is 9.53 Å². The zero-order valence-corrected chi connectivity index (χ0v) is 16.7. The summed E-state index contributed by atoms with van der Waals surface area (Å²) >= 11 is 11.5. The van der Waals surface area contributed by atoms with E-state index >= 15 is 0 Å². The van der Waals surface area contributed by atoms with Crippen LogP contribution in [0.1, 0.15) is 27.1 Å². The van der Waals surface area contributed by atoms with E-state index in [-0.39, 0.29) is 11.1 Å². The third kappa shape index (κ3) is 5.20. The Hall–Kier alpha value is -2.29. The number of aliphatic hydroxyl groups is 3. The minimum absolute atomic E-state index is 0.0136. The number of Topliss-reactive ketones (excluding diaryl/α,β-unsaturated/α-hetero) is 2. The van der Waals surface area contributed by atoms with Gasteiger partial charge in [-0.15, -0.1) is 0 Å². The lowest BCUT2D eigenvalue weighted by atomic mass is 9.80. The van der Waals surface area contributed by atoms with Gasteiger partial charge in [0, 0.05) is 21.2 Å². The van der Waals surface area contributed by atoms with Gasteiger partial charge in [0.2, 0.25) is 0 Å². The summed E-state index contributed by atoms with van der Waals surface area (Å²) in [7, 11) is 1.02. The number of esters is 1. The number of hydrogen-bond donors (Lipinski definition) is 3. The van der Waals surface area contributed by atoms with Crippen LogP contribution in [0.4, 0.5) is 0 Å². The molecule has 0 fully saturated rings. The number of methoxy groups -OCH3 is 1. The zero-order chi connectivity index (χ0) is 21.8. The van der Waals surface area contributed by atoms with Crippen LogP contribution in [0.15, 0.2) is 48.5 Å². The van der Waals surface area contributed by atoms with Crippen molar-refractivity contribution in [1.82, 2.24) is 0 Å². The number of carbonyl (C=O) groups excluding carboxylic acids is 3. The molecule has 154 valence electrons. The molecule has 29 heavy (non-hydrogen) atoms. The lowest BCUT2D eigenvalue weighted by Crippen LogP contribution is -2.57. The van der Waals surface area contributed by atoms with Gasteiger partial charge in [-0.2, -0.15) is 0 Å². The van der Waals surface area contributed by atoms with Gasteiger partial charge >= 0.3 is 5.97 Å². The number of rotatable bonds is 8. The Morgan fingerprint density at radius 1 is 0.931 bits per heavy atom. The number of ether oxygens (including phenoxy) is 1. The maximum Gasteiger partial charge on any atom is 0.309 e. The van der Waals surface area contributed by atoms with Crippen LogP contribution in [0, 0.1) is 0 Å². The molecule has 3 N–H and O–H groups in total. The first-order valence-corrected chi connectivity index (χ1v) is 9.11. The highest BCUT2D eigenvalue weighted by molar-refractivity contribution is 6.31. The number of aliphatic hydroxyl groups excluding tert-OH is 2. The van der Waals surface area contributed by atoms with Crippen molar-refractivity contribution in [2.24, 2.45) is 0 Å². The second-order valence-corrected chi connectivity index (χ2v) is 7.15. The number of benzene rings is 2. The second-order valence-electron chi connectivity index (χ2n) is 6.27. The van der Waals surface area contributed by atoms with Gasteiger partial charge in [0.25, 0.3) is 0 Å². The molecule has 0 aromatic heterocycles. The topological polar surface area (TPSA) is 121 Å². The molecule has 7 nitrogen and oxygen atoms in total. The van der Waals surface area contributed by atoms with Crippen molar-refractivity contribution in [3.05, 3.63) is 69.7 Å². The smallest absolute Gasteiger partial charge is 0.309 e. The molecule has 3 atom stereocenters. The number of carbonyl (C=O) groups is 3. The Labute approximate surface area is 176 Å². The fourth-order valence-electron chi connectivity index (χ4n) is 2.65. The van der Waals surface area contributed by atoms with Gasteiger partial charge in [-0.05, 0) is 48.5 Å². The molecule has 2 aromatic rings. The minimum atomic E-state index is -2.83. The molecule has 0 bridgehead atoms. The summed E-state index contributed by atoms with van der Waals surface area (Å²) in [6.45, 7) is 0. The molecular formula is C20H18Cl2O7. The van der Waals surface area contributed by atoms with Crippen LogP contribution in [0.2, 0.25) is 10.0 Å². The molecule has 0 unspecified atom stereocenters. The molecule has 2 rings (SSSR count). The lowest BCUT2D eigenvalue weighted by molar-refractivity contribution is -0.152. The standard InChI is InChI=1S/C20H18Cl2O7/c1-29-15(23)10-20(28,18(26)12-4-8-14(22)9-5-12)19(27)17(25)16(24)11-2-6-13(21)7-3-11/h2-9,17,19,25,27-28H,10H2,1H3/t17-,19-,20-/m1/s1. The molecule has 0 amide bonds. The molecule has 0 spiro atoms. The summed E-state index contributed by atoms with van der Waals surface area (Å²) in [5, 5.41) is 32.5.